The summed E-state index contributed by atoms with van der Waals surface area (Å²) in [6.45, 7) is 0.870. The summed E-state index contributed by atoms with van der Waals surface area (Å²) < 4.78 is 254. The molecule has 0 heterocycles. The van der Waals surface area contributed by atoms with Gasteiger partial charge in [0.2, 0.25) is 0 Å². The van der Waals surface area contributed by atoms with E-state index in [0.717, 1.165) is 0 Å². The summed E-state index contributed by atoms with van der Waals surface area (Å²) in [5.74, 6) is -52.4. The molecule has 1 atom stereocenters. The smallest absolute Gasteiger partial charge is 0.438 e. The van der Waals surface area contributed by atoms with Crippen LogP contribution in [0.4, 0.5) is 83.4 Å². The molecule has 0 saturated carbocycles. The number of carbonyl (C=O) groups excluding carboxylic acids is 1. The first-order valence-electron chi connectivity index (χ1n) is 8.41. The van der Waals surface area contributed by atoms with Gasteiger partial charge in [-0.25, -0.2) is 9.18 Å². The largest absolute Gasteiger partial charge is 0.460 e. The zero-order valence-corrected chi connectivity index (χ0v) is 16.7. The van der Waals surface area contributed by atoms with E-state index in [1.165, 1.54) is 0 Å². The minimum Gasteiger partial charge on any atom is -0.460 e. The van der Waals surface area contributed by atoms with Crippen LogP contribution in [0.25, 0.3) is 0 Å². The summed E-state index contributed by atoms with van der Waals surface area (Å²) in [5.41, 5.74) is -8.81. The number of aliphatic hydroxyl groups excluding tert-OH is 1. The van der Waals surface area contributed by atoms with Crippen LogP contribution in [-0.2, 0) is 9.53 Å². The zero-order chi connectivity index (χ0) is 30.5. The fraction of sp³-hybridized carbons (Fsp3) is 0.800. The molecule has 3 nitrogen and oxygen atoms in total. The van der Waals surface area contributed by atoms with Gasteiger partial charge in [0.05, 0.1) is 6.10 Å². The predicted molar refractivity (Wildman–Crippen MR) is 77.4 cm³/mol. The Bertz CT molecular complexity index is 827. The Balaban J connectivity index is 6.74. The number of carbonyl (C=O) groups is 1. The quantitative estimate of drug-likeness (QED) is 0.178. The molecule has 0 aromatic rings. The van der Waals surface area contributed by atoms with Crippen molar-refractivity contribution in [1.29, 1.82) is 0 Å². The van der Waals surface area contributed by atoms with Crippen molar-refractivity contribution in [3.05, 3.63) is 12.7 Å². The van der Waals surface area contributed by atoms with Crippen molar-refractivity contribution in [3.63, 3.8) is 0 Å². The lowest BCUT2D eigenvalue weighted by Gasteiger charge is -2.45. The van der Waals surface area contributed by atoms with Crippen LogP contribution in [-0.4, -0.2) is 77.3 Å². The van der Waals surface area contributed by atoms with E-state index in [2.05, 4.69) is 11.3 Å². The van der Waals surface area contributed by atoms with Gasteiger partial charge in [-0.3, -0.25) is 0 Å². The van der Waals surface area contributed by atoms with Crippen LogP contribution in [0, 0.1) is 0 Å². The summed E-state index contributed by atoms with van der Waals surface area (Å²) in [4.78, 5) is 10.6. The first kappa shape index (κ1) is 34.8. The number of hydrogen-bond acceptors (Lipinski definition) is 3. The lowest BCUT2D eigenvalue weighted by molar-refractivity contribution is -0.472. The molecule has 0 aliphatic heterocycles. The Hall–Kier alpha value is -2.16. The fourth-order valence-electron chi connectivity index (χ4n) is 2.27. The van der Waals surface area contributed by atoms with E-state index < -0.39 is 78.7 Å². The highest BCUT2D eigenvalue weighted by atomic mass is 19.4. The minimum absolute atomic E-state index is 0.239. The van der Waals surface area contributed by atoms with Gasteiger partial charge in [-0.1, -0.05) is 6.58 Å². The highest BCUT2D eigenvalue weighted by Crippen LogP contribution is 2.66. The number of aliphatic hydroxyl groups is 1. The number of ether oxygens (including phenoxy) is 1. The van der Waals surface area contributed by atoms with Gasteiger partial charge in [-0.15, -0.1) is 0 Å². The first-order valence-corrected chi connectivity index (χ1v) is 8.41. The highest BCUT2D eigenvalue weighted by Gasteiger charge is 2.98. The van der Waals surface area contributed by atoms with Crippen molar-refractivity contribution in [2.45, 2.75) is 66.1 Å². The molecule has 0 bridgehead atoms. The van der Waals surface area contributed by atoms with Crippen molar-refractivity contribution in [3.8, 4) is 0 Å². The van der Waals surface area contributed by atoms with Gasteiger partial charge < -0.3 is 9.84 Å². The van der Waals surface area contributed by atoms with Gasteiger partial charge in [-0.05, 0) is 0 Å². The number of esters is 1. The highest BCUT2D eigenvalue weighted by molar-refractivity contribution is 5.81. The molecule has 22 heteroatoms. The standard InChI is InChI=1S/C15H9F19O3/c1-2-6(36)37-4-5(35)3-7(16,17)9(19,20)11(23,24)13(27,28)12(25,26)10(21,22)8(18,14(29,30)31)15(32,33)34/h2,5,35H,1,3-4H2. The molecule has 1 N–H and O–H groups in total. The topological polar surface area (TPSA) is 46.5 Å². The fourth-order valence-corrected chi connectivity index (χ4v) is 2.27. The molecule has 0 fully saturated rings. The van der Waals surface area contributed by atoms with Crippen LogP contribution in [0.15, 0.2) is 12.7 Å². The summed E-state index contributed by atoms with van der Waals surface area (Å²) in [6, 6.07) is 0. The van der Waals surface area contributed by atoms with Gasteiger partial charge in [0.1, 0.15) is 6.61 Å². The van der Waals surface area contributed by atoms with Gasteiger partial charge in [0, 0.05) is 12.5 Å². The molecular weight excluding hydrogens is 589 g/mol. The maximum atomic E-state index is 13.7. The maximum Gasteiger partial charge on any atom is 0.438 e. The average molecular weight is 598 g/mol. The number of hydrogen-bond donors (Lipinski definition) is 1. The molecule has 0 aromatic carbocycles. The van der Waals surface area contributed by atoms with Crippen molar-refractivity contribution in [2.75, 3.05) is 6.61 Å². The Morgan fingerprint density at radius 1 is 0.649 bits per heavy atom. The van der Waals surface area contributed by atoms with Crippen LogP contribution in [0.3, 0.4) is 0 Å². The third-order valence-electron chi connectivity index (χ3n) is 4.33. The first-order chi connectivity index (χ1) is 15.8. The van der Waals surface area contributed by atoms with Crippen LogP contribution >= 0.6 is 0 Å². The molecule has 0 aliphatic rings. The lowest BCUT2D eigenvalue weighted by atomic mass is 9.83. The summed E-state index contributed by atoms with van der Waals surface area (Å²) in [5, 5.41) is 9.01. The van der Waals surface area contributed by atoms with Gasteiger partial charge in [0.15, 0.2) is 0 Å². The molecule has 37 heavy (non-hydrogen) atoms. The molecule has 0 aromatic heterocycles. The van der Waals surface area contributed by atoms with Crippen LogP contribution in [0.5, 0.6) is 0 Å². The normalized spacial score (nSPS) is 16.4. The van der Waals surface area contributed by atoms with E-state index in [9.17, 15) is 88.2 Å². The van der Waals surface area contributed by atoms with Crippen molar-refractivity contribution < 1.29 is 98.1 Å². The van der Waals surface area contributed by atoms with Gasteiger partial charge in [0.25, 0.3) is 0 Å². The zero-order valence-electron chi connectivity index (χ0n) is 16.7. The van der Waals surface area contributed by atoms with Crippen LogP contribution in [0.1, 0.15) is 6.42 Å². The predicted octanol–water partition coefficient (Wildman–Crippen LogP) is 6.11. The van der Waals surface area contributed by atoms with Crippen molar-refractivity contribution in [1.82, 2.24) is 0 Å². The SMILES string of the molecule is C=CC(=O)OCC(O)CC(F)(F)C(F)(F)C(F)(F)C(F)(F)C(F)(F)C(F)(F)C(F)(C(F)(F)F)C(F)(F)F. The van der Waals surface area contributed by atoms with E-state index in [1.54, 1.807) is 0 Å². The third kappa shape index (κ3) is 5.12. The maximum absolute atomic E-state index is 13.7. The summed E-state index contributed by atoms with van der Waals surface area (Å²) >= 11 is 0. The van der Waals surface area contributed by atoms with Crippen LogP contribution in [0.2, 0.25) is 0 Å². The molecular formula is C15H9F19O3. The number of halogens is 19. The van der Waals surface area contributed by atoms with E-state index >= 15 is 0 Å². The molecule has 0 radical (unpaired) electrons. The average Bonchev–Trinajstić information content (AvgIpc) is 2.68. The second-order valence-corrected chi connectivity index (χ2v) is 6.92. The van der Waals surface area contributed by atoms with E-state index in [-0.39, 0.29) is 6.08 Å². The summed E-state index contributed by atoms with van der Waals surface area (Å²) in [6.07, 6.45) is -22.9. The summed E-state index contributed by atoms with van der Waals surface area (Å²) in [7, 11) is 0. The van der Waals surface area contributed by atoms with E-state index in [0.29, 0.717) is 0 Å². The molecule has 0 amide bonds. The Kier molecular flexibility index (Phi) is 8.99. The number of alkyl halides is 19. The molecule has 220 valence electrons. The van der Waals surface area contributed by atoms with Gasteiger partial charge in [-0.2, -0.15) is 79.0 Å². The Labute approximate surface area is 190 Å². The Morgan fingerprint density at radius 2 is 0.973 bits per heavy atom. The number of rotatable bonds is 11. The molecule has 0 rings (SSSR count). The third-order valence-corrected chi connectivity index (χ3v) is 4.33. The minimum atomic E-state index is -9.11. The van der Waals surface area contributed by atoms with Crippen LogP contribution < -0.4 is 0 Å². The van der Waals surface area contributed by atoms with E-state index in [1.807, 2.05) is 0 Å². The van der Waals surface area contributed by atoms with E-state index in [4.69, 9.17) is 5.11 Å². The van der Waals surface area contributed by atoms with Gasteiger partial charge >= 0.3 is 59.5 Å². The van der Waals surface area contributed by atoms with Crippen molar-refractivity contribution in [2.24, 2.45) is 0 Å². The monoisotopic (exact) mass is 598 g/mol. The van der Waals surface area contributed by atoms with Crippen molar-refractivity contribution >= 4 is 5.97 Å². The second kappa shape index (κ2) is 9.54. The molecule has 0 spiro atoms. The molecule has 1 unspecified atom stereocenters. The second-order valence-electron chi connectivity index (χ2n) is 6.92. The molecule has 0 aliphatic carbocycles. The Morgan fingerprint density at radius 3 is 1.30 bits per heavy atom. The molecule has 0 saturated heterocycles. The lowest BCUT2D eigenvalue weighted by Crippen LogP contribution is -2.77.